The van der Waals surface area contributed by atoms with E-state index in [1.54, 1.807) is 0 Å². The van der Waals surface area contributed by atoms with Crippen molar-refractivity contribution in [1.82, 2.24) is 5.32 Å². The fourth-order valence-corrected chi connectivity index (χ4v) is 9.19. The third-order valence-corrected chi connectivity index (χ3v) is 13.6. The molecule has 3 N–H and O–H groups in total. The van der Waals surface area contributed by atoms with E-state index in [9.17, 15) is 19.8 Å². The molecule has 0 rings (SSSR count). The Labute approximate surface area is 399 Å². The summed E-state index contributed by atoms with van der Waals surface area (Å²) in [5.41, 5.74) is 0. The molecule has 0 aliphatic carbocycles. The Kier molecular flexibility index (Phi) is 51.4. The van der Waals surface area contributed by atoms with Gasteiger partial charge < -0.3 is 20.3 Å². The van der Waals surface area contributed by atoms with Gasteiger partial charge in [-0.05, 0) is 51.4 Å². The van der Waals surface area contributed by atoms with E-state index in [2.05, 4.69) is 38.2 Å². The summed E-state index contributed by atoms with van der Waals surface area (Å²) in [6.07, 6.45) is 59.9. The number of esters is 1. The fraction of sp³-hybridized carbons (Fsp3) is 0.931. The van der Waals surface area contributed by atoms with Crippen LogP contribution in [0.2, 0.25) is 0 Å². The van der Waals surface area contributed by atoms with E-state index in [1.807, 2.05) is 0 Å². The molecule has 0 bridgehead atoms. The molecule has 380 valence electrons. The van der Waals surface area contributed by atoms with E-state index < -0.39 is 18.2 Å². The van der Waals surface area contributed by atoms with Crippen LogP contribution >= 0.6 is 0 Å². The van der Waals surface area contributed by atoms with Gasteiger partial charge in [-0.15, -0.1) is 0 Å². The van der Waals surface area contributed by atoms with Gasteiger partial charge in [0.05, 0.1) is 25.2 Å². The minimum Gasteiger partial charge on any atom is -0.462 e. The molecule has 0 heterocycles. The molecule has 6 nitrogen and oxygen atoms in total. The van der Waals surface area contributed by atoms with Crippen molar-refractivity contribution >= 4 is 11.9 Å². The van der Waals surface area contributed by atoms with Gasteiger partial charge in [0, 0.05) is 6.42 Å². The van der Waals surface area contributed by atoms with Crippen LogP contribution in [0.25, 0.3) is 0 Å². The van der Waals surface area contributed by atoms with Crippen LogP contribution in [0.3, 0.4) is 0 Å². The zero-order chi connectivity index (χ0) is 46.7. The van der Waals surface area contributed by atoms with E-state index in [-0.39, 0.29) is 24.9 Å². The summed E-state index contributed by atoms with van der Waals surface area (Å²) in [6, 6.07) is -0.696. The number of carbonyl (C=O) groups excluding carboxylic acids is 2. The number of nitrogens with one attached hydrogen (secondary N) is 1. The molecule has 0 radical (unpaired) electrons. The maximum atomic E-state index is 13.3. The Morgan fingerprint density at radius 1 is 0.438 bits per heavy atom. The van der Waals surface area contributed by atoms with Crippen molar-refractivity contribution in [3.05, 3.63) is 12.2 Å². The molecular weight excluding hydrogens is 791 g/mol. The second kappa shape index (κ2) is 52.6. The first-order valence-corrected chi connectivity index (χ1v) is 28.9. The van der Waals surface area contributed by atoms with Crippen LogP contribution in [0.5, 0.6) is 0 Å². The highest BCUT2D eigenvalue weighted by Gasteiger charge is 2.24. The highest BCUT2D eigenvalue weighted by Crippen LogP contribution is 2.19. The summed E-state index contributed by atoms with van der Waals surface area (Å²) in [5, 5.41) is 23.9. The molecule has 1 amide bonds. The minimum atomic E-state index is -0.783. The van der Waals surface area contributed by atoms with Crippen molar-refractivity contribution in [2.24, 2.45) is 0 Å². The Hall–Kier alpha value is -1.40. The predicted molar refractivity (Wildman–Crippen MR) is 278 cm³/mol. The van der Waals surface area contributed by atoms with Gasteiger partial charge in [-0.25, -0.2) is 0 Å². The molecule has 0 saturated carbocycles. The average molecular weight is 905 g/mol. The summed E-state index contributed by atoms with van der Waals surface area (Å²) in [4.78, 5) is 26.3. The number of hydrogen-bond donors (Lipinski definition) is 3. The fourth-order valence-electron chi connectivity index (χ4n) is 9.19. The number of unbranched alkanes of at least 4 members (excludes halogenated alkanes) is 39. The summed E-state index contributed by atoms with van der Waals surface area (Å²) in [6.45, 7) is 6.52. The number of ether oxygens (including phenoxy) is 1. The van der Waals surface area contributed by atoms with Gasteiger partial charge in [-0.1, -0.05) is 270 Å². The lowest BCUT2D eigenvalue weighted by atomic mass is 10.0. The Bertz CT molecular complexity index is 970. The highest BCUT2D eigenvalue weighted by atomic mass is 16.5. The van der Waals surface area contributed by atoms with E-state index in [1.165, 1.54) is 231 Å². The molecule has 6 heteroatoms. The lowest BCUT2D eigenvalue weighted by Crippen LogP contribution is -2.46. The van der Waals surface area contributed by atoms with Gasteiger partial charge in [-0.3, -0.25) is 9.59 Å². The molecule has 0 aliphatic heterocycles. The van der Waals surface area contributed by atoms with Crippen LogP contribution in [0.4, 0.5) is 0 Å². The van der Waals surface area contributed by atoms with E-state index in [0.717, 1.165) is 44.9 Å². The summed E-state index contributed by atoms with van der Waals surface area (Å²) in [5.74, 6) is -0.456. The summed E-state index contributed by atoms with van der Waals surface area (Å²) < 4.78 is 5.96. The molecular formula is C58H113NO5. The molecule has 0 aromatic carbocycles. The molecule has 0 fully saturated rings. The number of allylic oxidation sites excluding steroid dienone is 2. The van der Waals surface area contributed by atoms with Gasteiger partial charge in [0.15, 0.2) is 0 Å². The normalized spacial score (nSPS) is 13.1. The molecule has 0 saturated heterocycles. The Morgan fingerprint density at radius 2 is 0.750 bits per heavy atom. The number of hydrogen-bond acceptors (Lipinski definition) is 5. The maximum Gasteiger partial charge on any atom is 0.306 e. The second-order valence-corrected chi connectivity index (χ2v) is 20.1. The molecule has 0 spiro atoms. The lowest BCUT2D eigenvalue weighted by Gasteiger charge is -2.24. The summed E-state index contributed by atoms with van der Waals surface area (Å²) in [7, 11) is 0. The molecule has 0 aliphatic rings. The smallest absolute Gasteiger partial charge is 0.306 e. The largest absolute Gasteiger partial charge is 0.462 e. The summed E-state index contributed by atoms with van der Waals surface area (Å²) >= 11 is 0. The first-order chi connectivity index (χ1) is 31.5. The molecule has 0 aromatic rings. The van der Waals surface area contributed by atoms with Crippen molar-refractivity contribution in [2.75, 3.05) is 6.61 Å². The first kappa shape index (κ1) is 62.6. The van der Waals surface area contributed by atoms with Crippen molar-refractivity contribution in [3.63, 3.8) is 0 Å². The van der Waals surface area contributed by atoms with Gasteiger partial charge >= 0.3 is 5.97 Å². The molecule has 3 unspecified atom stereocenters. The SMILES string of the molecule is CCCCCCCC/C=C/CCCCCCCCCC(=O)OC(CCCCCCCCCCCCCCCC)CC(=O)NC(CO)C(O)CCCCCCCCCCCCCCCC. The highest BCUT2D eigenvalue weighted by molar-refractivity contribution is 5.77. The van der Waals surface area contributed by atoms with Crippen LogP contribution in [-0.4, -0.2) is 46.9 Å². The van der Waals surface area contributed by atoms with Crippen LogP contribution < -0.4 is 5.32 Å². The number of rotatable bonds is 53. The van der Waals surface area contributed by atoms with Gasteiger partial charge in [0.2, 0.25) is 5.91 Å². The minimum absolute atomic E-state index is 0.0838. The van der Waals surface area contributed by atoms with Crippen molar-refractivity contribution in [3.8, 4) is 0 Å². The predicted octanol–water partition coefficient (Wildman–Crippen LogP) is 17.7. The van der Waals surface area contributed by atoms with Crippen molar-refractivity contribution in [2.45, 2.75) is 341 Å². The topological polar surface area (TPSA) is 95.9 Å². The van der Waals surface area contributed by atoms with E-state index in [4.69, 9.17) is 4.74 Å². The van der Waals surface area contributed by atoms with Crippen LogP contribution in [-0.2, 0) is 14.3 Å². The van der Waals surface area contributed by atoms with Gasteiger partial charge in [0.25, 0.3) is 0 Å². The number of aliphatic hydroxyl groups is 2. The molecule has 64 heavy (non-hydrogen) atoms. The second-order valence-electron chi connectivity index (χ2n) is 20.1. The van der Waals surface area contributed by atoms with Crippen molar-refractivity contribution in [1.29, 1.82) is 0 Å². The number of aliphatic hydroxyl groups excluding tert-OH is 2. The van der Waals surface area contributed by atoms with Crippen LogP contribution in [0.15, 0.2) is 12.2 Å². The van der Waals surface area contributed by atoms with E-state index in [0.29, 0.717) is 19.3 Å². The molecule has 3 atom stereocenters. The van der Waals surface area contributed by atoms with E-state index >= 15 is 0 Å². The zero-order valence-corrected chi connectivity index (χ0v) is 43.4. The lowest BCUT2D eigenvalue weighted by molar-refractivity contribution is -0.151. The maximum absolute atomic E-state index is 13.3. The van der Waals surface area contributed by atoms with Crippen molar-refractivity contribution < 1.29 is 24.5 Å². The zero-order valence-electron chi connectivity index (χ0n) is 43.4. The average Bonchev–Trinajstić information content (AvgIpc) is 3.29. The Morgan fingerprint density at radius 3 is 1.11 bits per heavy atom. The monoisotopic (exact) mass is 904 g/mol. The standard InChI is InChI=1S/C58H113NO5/c1-4-7-10-13-16-19-22-25-28-29-30-33-36-39-42-45-48-51-58(63)64-54(49-46-43-40-37-34-31-26-23-20-17-14-11-8-5-2)52-57(62)59-55(53-60)56(61)50-47-44-41-38-35-32-27-24-21-18-15-12-9-6-3/h25,28,54-56,60-61H,4-24,26-27,29-53H2,1-3H3,(H,59,62)/b28-25+. The third kappa shape index (κ3) is 47.1. The first-order valence-electron chi connectivity index (χ1n) is 28.9. The van der Waals surface area contributed by atoms with Gasteiger partial charge in [-0.2, -0.15) is 0 Å². The van der Waals surface area contributed by atoms with Crippen LogP contribution in [0.1, 0.15) is 323 Å². The Balaban J connectivity index is 4.50. The number of amides is 1. The quantitative estimate of drug-likeness (QED) is 0.0321. The molecule has 0 aromatic heterocycles. The van der Waals surface area contributed by atoms with Gasteiger partial charge in [0.1, 0.15) is 6.10 Å². The third-order valence-electron chi connectivity index (χ3n) is 13.6. The van der Waals surface area contributed by atoms with Crippen LogP contribution in [0, 0.1) is 0 Å². The number of carbonyl (C=O) groups is 2.